The molecule has 3 aromatic rings. The summed E-state index contributed by atoms with van der Waals surface area (Å²) in [6, 6.07) is 9.58. The predicted molar refractivity (Wildman–Crippen MR) is 85.4 cm³/mol. The van der Waals surface area contributed by atoms with Crippen LogP contribution >= 0.6 is 27.5 Å². The van der Waals surface area contributed by atoms with Crippen molar-refractivity contribution in [2.75, 3.05) is 5.32 Å². The molecule has 1 aromatic heterocycles. The van der Waals surface area contributed by atoms with E-state index in [0.29, 0.717) is 15.7 Å². The lowest BCUT2D eigenvalue weighted by atomic mass is 10.1. The van der Waals surface area contributed by atoms with E-state index in [-0.39, 0.29) is 10.9 Å². The zero-order valence-electron chi connectivity index (χ0n) is 10.6. The van der Waals surface area contributed by atoms with Gasteiger partial charge in [0.05, 0.1) is 10.7 Å². The Balaban J connectivity index is 1.92. The van der Waals surface area contributed by atoms with Gasteiger partial charge in [-0.3, -0.25) is 4.79 Å². The molecule has 0 fully saturated rings. The van der Waals surface area contributed by atoms with E-state index in [0.717, 1.165) is 17.0 Å². The van der Waals surface area contributed by atoms with Crippen LogP contribution in [-0.4, -0.2) is 10.9 Å². The van der Waals surface area contributed by atoms with E-state index in [1.807, 2.05) is 12.1 Å². The Bertz CT molecular complexity index is 824. The molecule has 0 atom stereocenters. The summed E-state index contributed by atoms with van der Waals surface area (Å²) in [5.74, 6) is -0.786. The van der Waals surface area contributed by atoms with Gasteiger partial charge in [0, 0.05) is 27.1 Å². The molecule has 2 N–H and O–H groups in total. The standard InChI is InChI=1S/C15H9BrClFN2O/c16-11-6-10(18)7-12(17)14(11)20-15(21)9-1-2-13-8(5-9)3-4-19-13/h1-7,19H,(H,20,21). The lowest BCUT2D eigenvalue weighted by Gasteiger charge is -2.10. The fraction of sp³-hybridized carbons (Fsp3) is 0. The van der Waals surface area contributed by atoms with Crippen molar-refractivity contribution < 1.29 is 9.18 Å². The average molecular weight is 368 g/mol. The molecule has 0 saturated heterocycles. The summed E-state index contributed by atoms with van der Waals surface area (Å²) in [5.41, 5.74) is 1.79. The quantitative estimate of drug-likeness (QED) is 0.659. The number of aromatic amines is 1. The third-order valence-corrected chi connectivity index (χ3v) is 3.98. The maximum Gasteiger partial charge on any atom is 0.255 e. The Labute approximate surface area is 133 Å². The zero-order chi connectivity index (χ0) is 15.0. The van der Waals surface area contributed by atoms with Crippen molar-refractivity contribution in [3.8, 4) is 0 Å². The largest absolute Gasteiger partial charge is 0.361 e. The number of H-pyrrole nitrogens is 1. The van der Waals surface area contributed by atoms with Crippen LogP contribution in [0.25, 0.3) is 10.9 Å². The molecule has 3 nitrogen and oxygen atoms in total. The van der Waals surface area contributed by atoms with Gasteiger partial charge in [-0.05, 0) is 52.3 Å². The van der Waals surface area contributed by atoms with Crippen molar-refractivity contribution >= 4 is 50.0 Å². The number of amides is 1. The lowest BCUT2D eigenvalue weighted by Crippen LogP contribution is -2.12. The molecule has 0 unspecified atom stereocenters. The van der Waals surface area contributed by atoms with Crippen LogP contribution in [0, 0.1) is 5.82 Å². The molecule has 2 aromatic carbocycles. The highest BCUT2D eigenvalue weighted by atomic mass is 79.9. The minimum Gasteiger partial charge on any atom is -0.361 e. The molecule has 21 heavy (non-hydrogen) atoms. The highest BCUT2D eigenvalue weighted by molar-refractivity contribution is 9.10. The van der Waals surface area contributed by atoms with Crippen molar-refractivity contribution in [3.05, 3.63) is 63.5 Å². The van der Waals surface area contributed by atoms with Gasteiger partial charge in [-0.2, -0.15) is 0 Å². The molecule has 0 bridgehead atoms. The van der Waals surface area contributed by atoms with E-state index in [2.05, 4.69) is 26.2 Å². The fourth-order valence-corrected chi connectivity index (χ4v) is 2.94. The van der Waals surface area contributed by atoms with Crippen molar-refractivity contribution in [3.63, 3.8) is 0 Å². The number of carbonyl (C=O) groups is 1. The molecule has 0 aliphatic heterocycles. The Morgan fingerprint density at radius 1 is 1.24 bits per heavy atom. The number of hydrogen-bond donors (Lipinski definition) is 2. The van der Waals surface area contributed by atoms with E-state index >= 15 is 0 Å². The molecule has 3 rings (SSSR count). The summed E-state index contributed by atoms with van der Waals surface area (Å²) in [6.45, 7) is 0. The summed E-state index contributed by atoms with van der Waals surface area (Å²) in [5, 5.41) is 3.76. The molecule has 0 aliphatic carbocycles. The van der Waals surface area contributed by atoms with Gasteiger partial charge in [0.1, 0.15) is 5.82 Å². The summed E-state index contributed by atoms with van der Waals surface area (Å²) >= 11 is 9.14. The van der Waals surface area contributed by atoms with Gasteiger partial charge in [0.25, 0.3) is 5.91 Å². The van der Waals surface area contributed by atoms with Crippen molar-refractivity contribution in [1.82, 2.24) is 4.98 Å². The van der Waals surface area contributed by atoms with E-state index in [9.17, 15) is 9.18 Å². The maximum atomic E-state index is 13.2. The van der Waals surface area contributed by atoms with Crippen LogP contribution in [0.4, 0.5) is 10.1 Å². The number of halogens is 3. The molecule has 6 heteroatoms. The van der Waals surface area contributed by atoms with Crippen LogP contribution in [0.2, 0.25) is 5.02 Å². The SMILES string of the molecule is O=C(Nc1c(Cl)cc(F)cc1Br)c1ccc2[nH]ccc2c1. The number of benzene rings is 2. The first-order chi connectivity index (χ1) is 10.0. The number of carbonyl (C=O) groups excluding carboxylic acids is 1. The Hall–Kier alpha value is -1.85. The van der Waals surface area contributed by atoms with E-state index in [4.69, 9.17) is 11.6 Å². The van der Waals surface area contributed by atoms with Gasteiger partial charge in [-0.25, -0.2) is 4.39 Å². The number of rotatable bonds is 2. The number of anilines is 1. The minimum atomic E-state index is -0.474. The predicted octanol–water partition coefficient (Wildman–Crippen LogP) is 4.98. The van der Waals surface area contributed by atoms with Crippen molar-refractivity contribution in [2.45, 2.75) is 0 Å². The second-order valence-corrected chi connectivity index (χ2v) is 5.74. The van der Waals surface area contributed by atoms with Gasteiger partial charge < -0.3 is 10.3 Å². The van der Waals surface area contributed by atoms with Crippen LogP contribution in [0.15, 0.2) is 47.1 Å². The highest BCUT2D eigenvalue weighted by Crippen LogP contribution is 2.32. The Morgan fingerprint density at radius 3 is 2.81 bits per heavy atom. The first kappa shape index (κ1) is 14.1. The van der Waals surface area contributed by atoms with E-state index < -0.39 is 5.82 Å². The normalized spacial score (nSPS) is 10.8. The van der Waals surface area contributed by atoms with Gasteiger partial charge in [0.15, 0.2) is 0 Å². The van der Waals surface area contributed by atoms with Crippen LogP contribution in [0.1, 0.15) is 10.4 Å². The molecule has 0 aliphatic rings. The van der Waals surface area contributed by atoms with Crippen LogP contribution in [0.5, 0.6) is 0 Å². The minimum absolute atomic E-state index is 0.137. The monoisotopic (exact) mass is 366 g/mol. The van der Waals surface area contributed by atoms with Crippen LogP contribution in [-0.2, 0) is 0 Å². The van der Waals surface area contributed by atoms with Gasteiger partial charge in [0.2, 0.25) is 0 Å². The molecule has 1 amide bonds. The summed E-state index contributed by atoms with van der Waals surface area (Å²) < 4.78 is 13.6. The summed E-state index contributed by atoms with van der Waals surface area (Å²) in [6.07, 6.45) is 1.81. The third kappa shape index (κ3) is 2.80. The van der Waals surface area contributed by atoms with E-state index in [1.54, 1.807) is 18.3 Å². The smallest absolute Gasteiger partial charge is 0.255 e. The Kier molecular flexibility index (Phi) is 3.69. The first-order valence-electron chi connectivity index (χ1n) is 6.07. The average Bonchev–Trinajstić information content (AvgIpc) is 2.89. The zero-order valence-corrected chi connectivity index (χ0v) is 12.9. The molecule has 1 heterocycles. The third-order valence-electron chi connectivity index (χ3n) is 3.06. The molecular formula is C15H9BrClFN2O. The lowest BCUT2D eigenvalue weighted by molar-refractivity contribution is 0.102. The molecule has 106 valence electrons. The van der Waals surface area contributed by atoms with Crippen LogP contribution in [0.3, 0.4) is 0 Å². The molecule has 0 spiro atoms. The molecule has 0 radical (unpaired) electrons. The summed E-state index contributed by atoms with van der Waals surface area (Å²) in [7, 11) is 0. The topological polar surface area (TPSA) is 44.9 Å². The molecular weight excluding hydrogens is 359 g/mol. The van der Waals surface area contributed by atoms with Gasteiger partial charge in [-0.15, -0.1) is 0 Å². The second-order valence-electron chi connectivity index (χ2n) is 4.48. The maximum absolute atomic E-state index is 13.2. The first-order valence-corrected chi connectivity index (χ1v) is 7.25. The molecule has 0 saturated carbocycles. The van der Waals surface area contributed by atoms with Crippen molar-refractivity contribution in [1.29, 1.82) is 0 Å². The van der Waals surface area contributed by atoms with Gasteiger partial charge >= 0.3 is 0 Å². The Morgan fingerprint density at radius 2 is 2.05 bits per heavy atom. The van der Waals surface area contributed by atoms with E-state index in [1.165, 1.54) is 6.07 Å². The number of fused-ring (bicyclic) bond motifs is 1. The second kappa shape index (κ2) is 5.50. The number of aromatic nitrogens is 1. The number of nitrogens with one attached hydrogen (secondary N) is 2. The fourth-order valence-electron chi connectivity index (χ4n) is 2.04. The highest BCUT2D eigenvalue weighted by Gasteiger charge is 2.13. The van der Waals surface area contributed by atoms with Crippen molar-refractivity contribution in [2.24, 2.45) is 0 Å². The summed E-state index contributed by atoms with van der Waals surface area (Å²) in [4.78, 5) is 15.3. The van der Waals surface area contributed by atoms with Gasteiger partial charge in [-0.1, -0.05) is 11.6 Å². The van der Waals surface area contributed by atoms with Crippen LogP contribution < -0.4 is 5.32 Å². The number of hydrogen-bond acceptors (Lipinski definition) is 1.